The highest BCUT2D eigenvalue weighted by Crippen LogP contribution is 2.37. The van der Waals surface area contributed by atoms with E-state index in [4.69, 9.17) is 5.84 Å². The molecule has 2 fully saturated rings. The van der Waals surface area contributed by atoms with Crippen molar-refractivity contribution in [1.82, 2.24) is 5.43 Å². The summed E-state index contributed by atoms with van der Waals surface area (Å²) in [4.78, 5) is 0. The van der Waals surface area contributed by atoms with Crippen molar-refractivity contribution in [2.24, 2.45) is 17.7 Å². The number of nitrogens with one attached hydrogen (secondary N) is 1. The fraction of sp³-hybridized carbons (Fsp3) is 1.00. The summed E-state index contributed by atoms with van der Waals surface area (Å²) in [6.07, 6.45) is 11.3. The molecule has 13 heavy (non-hydrogen) atoms. The standard InChI is InChI=1S/C11H22N2/c12-13-11(8-9-6-7-9)10-4-2-1-3-5-10/h9-11,13H,1-8,12H2. The average Bonchev–Trinajstić information content (AvgIpc) is 2.99. The van der Waals surface area contributed by atoms with E-state index in [0.29, 0.717) is 6.04 Å². The molecule has 2 saturated carbocycles. The zero-order valence-corrected chi connectivity index (χ0v) is 8.47. The Balaban J connectivity index is 1.78. The maximum atomic E-state index is 5.63. The molecule has 1 unspecified atom stereocenters. The predicted molar refractivity (Wildman–Crippen MR) is 55.0 cm³/mol. The van der Waals surface area contributed by atoms with Gasteiger partial charge in [0.25, 0.3) is 0 Å². The van der Waals surface area contributed by atoms with E-state index in [1.165, 1.54) is 51.4 Å². The lowest BCUT2D eigenvalue weighted by atomic mass is 9.82. The summed E-state index contributed by atoms with van der Waals surface area (Å²) in [7, 11) is 0. The van der Waals surface area contributed by atoms with Crippen molar-refractivity contribution in [3.8, 4) is 0 Å². The van der Waals surface area contributed by atoms with Gasteiger partial charge in [-0.2, -0.15) is 0 Å². The second-order valence-electron chi connectivity index (χ2n) is 4.85. The molecule has 0 spiro atoms. The summed E-state index contributed by atoms with van der Waals surface area (Å²) in [5, 5.41) is 0. The molecule has 0 aromatic heterocycles. The predicted octanol–water partition coefficient (Wildman–Crippen LogP) is 2.20. The Labute approximate surface area is 81.2 Å². The maximum absolute atomic E-state index is 5.63. The highest BCUT2D eigenvalue weighted by atomic mass is 15.2. The Hall–Kier alpha value is -0.0800. The first kappa shape index (κ1) is 9.47. The van der Waals surface area contributed by atoms with Crippen LogP contribution in [-0.4, -0.2) is 6.04 Å². The third kappa shape index (κ3) is 2.68. The summed E-state index contributed by atoms with van der Waals surface area (Å²) in [5.74, 6) is 7.51. The second-order valence-corrected chi connectivity index (χ2v) is 4.85. The minimum atomic E-state index is 0.618. The van der Waals surface area contributed by atoms with Crippen molar-refractivity contribution in [2.75, 3.05) is 0 Å². The molecular formula is C11H22N2. The molecule has 3 N–H and O–H groups in total. The van der Waals surface area contributed by atoms with Crippen LogP contribution < -0.4 is 11.3 Å². The Bertz CT molecular complexity index is 148. The largest absolute Gasteiger partial charge is 0.271 e. The SMILES string of the molecule is NNC(CC1CC1)C1CCCCC1. The average molecular weight is 182 g/mol. The first-order valence-corrected chi connectivity index (χ1v) is 5.86. The van der Waals surface area contributed by atoms with Crippen molar-refractivity contribution >= 4 is 0 Å². The van der Waals surface area contributed by atoms with Crippen molar-refractivity contribution in [1.29, 1.82) is 0 Å². The van der Waals surface area contributed by atoms with Crippen molar-refractivity contribution in [3.63, 3.8) is 0 Å². The summed E-state index contributed by atoms with van der Waals surface area (Å²) in [6, 6.07) is 0.618. The minimum absolute atomic E-state index is 0.618. The van der Waals surface area contributed by atoms with Gasteiger partial charge in [0, 0.05) is 6.04 Å². The third-order valence-electron chi connectivity index (χ3n) is 3.72. The summed E-state index contributed by atoms with van der Waals surface area (Å²) in [5.41, 5.74) is 3.04. The van der Waals surface area contributed by atoms with E-state index in [1.54, 1.807) is 0 Å². The molecule has 0 aromatic rings. The van der Waals surface area contributed by atoms with Crippen LogP contribution >= 0.6 is 0 Å². The number of hydrazine groups is 1. The zero-order valence-electron chi connectivity index (χ0n) is 8.47. The molecule has 1 atom stereocenters. The minimum Gasteiger partial charge on any atom is -0.271 e. The van der Waals surface area contributed by atoms with Gasteiger partial charge in [-0.15, -0.1) is 0 Å². The van der Waals surface area contributed by atoms with Gasteiger partial charge in [0.05, 0.1) is 0 Å². The molecule has 0 saturated heterocycles. The first-order valence-electron chi connectivity index (χ1n) is 5.86. The van der Waals surface area contributed by atoms with Crippen molar-refractivity contribution < 1.29 is 0 Å². The summed E-state index contributed by atoms with van der Waals surface area (Å²) in [6.45, 7) is 0. The molecule has 2 nitrogen and oxygen atoms in total. The normalized spacial score (nSPS) is 27.5. The quantitative estimate of drug-likeness (QED) is 0.516. The fourth-order valence-electron chi connectivity index (χ4n) is 2.65. The third-order valence-corrected chi connectivity index (χ3v) is 3.72. The Morgan fingerprint density at radius 2 is 1.77 bits per heavy atom. The van der Waals surface area contributed by atoms with Gasteiger partial charge in [-0.25, -0.2) is 0 Å². The molecule has 2 heteroatoms. The highest BCUT2D eigenvalue weighted by Gasteiger charge is 2.29. The van der Waals surface area contributed by atoms with E-state index in [1.807, 2.05) is 0 Å². The van der Waals surface area contributed by atoms with Gasteiger partial charge < -0.3 is 0 Å². The summed E-state index contributed by atoms with van der Waals surface area (Å²) < 4.78 is 0. The van der Waals surface area contributed by atoms with Crippen LogP contribution in [0, 0.1) is 11.8 Å². The molecule has 76 valence electrons. The maximum Gasteiger partial charge on any atom is 0.0241 e. The van der Waals surface area contributed by atoms with Crippen LogP contribution in [0.4, 0.5) is 0 Å². The lowest BCUT2D eigenvalue weighted by Crippen LogP contribution is -2.42. The van der Waals surface area contributed by atoms with E-state index >= 15 is 0 Å². The number of nitrogens with two attached hydrogens (primary N) is 1. The van der Waals surface area contributed by atoms with Crippen molar-refractivity contribution in [2.45, 2.75) is 57.4 Å². The van der Waals surface area contributed by atoms with E-state index < -0.39 is 0 Å². The Morgan fingerprint density at radius 3 is 2.31 bits per heavy atom. The molecular weight excluding hydrogens is 160 g/mol. The monoisotopic (exact) mass is 182 g/mol. The molecule has 2 rings (SSSR count). The first-order chi connectivity index (χ1) is 6.40. The van der Waals surface area contributed by atoms with Crippen LogP contribution in [-0.2, 0) is 0 Å². The lowest BCUT2D eigenvalue weighted by molar-refractivity contribution is 0.253. The molecule has 0 radical (unpaired) electrons. The Morgan fingerprint density at radius 1 is 1.08 bits per heavy atom. The van der Waals surface area contributed by atoms with Gasteiger partial charge in [0.15, 0.2) is 0 Å². The summed E-state index contributed by atoms with van der Waals surface area (Å²) >= 11 is 0. The molecule has 0 heterocycles. The van der Waals surface area contributed by atoms with Crippen LogP contribution in [0.3, 0.4) is 0 Å². The molecule has 0 bridgehead atoms. The lowest BCUT2D eigenvalue weighted by Gasteiger charge is -2.29. The van der Waals surface area contributed by atoms with Crippen LogP contribution in [0.25, 0.3) is 0 Å². The van der Waals surface area contributed by atoms with Gasteiger partial charge in [-0.05, 0) is 31.1 Å². The molecule has 0 amide bonds. The highest BCUT2D eigenvalue weighted by molar-refractivity contribution is 4.84. The number of hydrogen-bond donors (Lipinski definition) is 2. The molecule has 0 aliphatic heterocycles. The molecule has 0 aromatic carbocycles. The van der Waals surface area contributed by atoms with Crippen LogP contribution in [0.15, 0.2) is 0 Å². The Kier molecular flexibility index (Phi) is 3.23. The van der Waals surface area contributed by atoms with E-state index in [9.17, 15) is 0 Å². The zero-order chi connectivity index (χ0) is 9.10. The van der Waals surface area contributed by atoms with E-state index in [0.717, 1.165) is 11.8 Å². The van der Waals surface area contributed by atoms with Gasteiger partial charge in [-0.1, -0.05) is 32.1 Å². The topological polar surface area (TPSA) is 38.0 Å². The number of hydrogen-bond acceptors (Lipinski definition) is 2. The molecule has 2 aliphatic rings. The van der Waals surface area contributed by atoms with Crippen LogP contribution in [0.1, 0.15) is 51.4 Å². The molecule has 2 aliphatic carbocycles. The second kappa shape index (κ2) is 4.43. The van der Waals surface area contributed by atoms with Gasteiger partial charge in [0.2, 0.25) is 0 Å². The van der Waals surface area contributed by atoms with Gasteiger partial charge in [-0.3, -0.25) is 11.3 Å². The smallest absolute Gasteiger partial charge is 0.0241 e. The van der Waals surface area contributed by atoms with E-state index in [-0.39, 0.29) is 0 Å². The van der Waals surface area contributed by atoms with Gasteiger partial charge >= 0.3 is 0 Å². The van der Waals surface area contributed by atoms with Crippen LogP contribution in [0.5, 0.6) is 0 Å². The fourth-order valence-corrected chi connectivity index (χ4v) is 2.65. The van der Waals surface area contributed by atoms with Crippen LogP contribution in [0.2, 0.25) is 0 Å². The van der Waals surface area contributed by atoms with E-state index in [2.05, 4.69) is 5.43 Å². The number of rotatable bonds is 4. The van der Waals surface area contributed by atoms with Gasteiger partial charge in [0.1, 0.15) is 0 Å². The van der Waals surface area contributed by atoms with Crippen molar-refractivity contribution in [3.05, 3.63) is 0 Å².